The third-order valence-corrected chi connectivity index (χ3v) is 5.43. The lowest BCUT2D eigenvalue weighted by Gasteiger charge is -2.42. The molecule has 100 valence electrons. The fourth-order valence-electron chi connectivity index (χ4n) is 4.62. The minimum atomic E-state index is 0.635. The zero-order valence-corrected chi connectivity index (χ0v) is 12.3. The van der Waals surface area contributed by atoms with Crippen LogP contribution in [-0.2, 0) is 0 Å². The predicted octanol–water partition coefficient (Wildman–Crippen LogP) is 4.23. The minimum absolute atomic E-state index is 0.635. The Hall–Kier alpha value is -0.0400. The zero-order chi connectivity index (χ0) is 12.5. The molecule has 4 atom stereocenters. The van der Waals surface area contributed by atoms with E-state index in [1.54, 1.807) is 0 Å². The number of hydrogen-bond donors (Lipinski definition) is 1. The summed E-state index contributed by atoms with van der Waals surface area (Å²) < 4.78 is 0. The Labute approximate surface area is 108 Å². The average molecular weight is 237 g/mol. The molecule has 17 heavy (non-hydrogen) atoms. The van der Waals surface area contributed by atoms with Crippen LogP contribution in [0.3, 0.4) is 0 Å². The molecule has 1 nitrogen and oxygen atoms in total. The van der Waals surface area contributed by atoms with Crippen molar-refractivity contribution < 1.29 is 0 Å². The lowest BCUT2D eigenvalue weighted by Crippen LogP contribution is -2.34. The van der Waals surface area contributed by atoms with Gasteiger partial charge in [0.2, 0.25) is 0 Å². The molecule has 0 amide bonds. The maximum Gasteiger partial charge on any atom is 0.00724 e. The topological polar surface area (TPSA) is 12.0 Å². The minimum Gasteiger partial charge on any atom is -0.314 e. The van der Waals surface area contributed by atoms with Crippen LogP contribution in [0, 0.1) is 23.2 Å². The van der Waals surface area contributed by atoms with E-state index in [0.29, 0.717) is 5.41 Å². The molecule has 2 rings (SSSR count). The molecule has 1 heteroatoms. The molecule has 0 heterocycles. The van der Waals surface area contributed by atoms with Crippen LogP contribution in [0.1, 0.15) is 66.2 Å². The summed E-state index contributed by atoms with van der Waals surface area (Å²) >= 11 is 0. The van der Waals surface area contributed by atoms with Gasteiger partial charge >= 0.3 is 0 Å². The molecular weight excluding hydrogens is 206 g/mol. The predicted molar refractivity (Wildman–Crippen MR) is 75.1 cm³/mol. The van der Waals surface area contributed by atoms with Gasteiger partial charge in [-0.05, 0) is 68.2 Å². The van der Waals surface area contributed by atoms with Crippen molar-refractivity contribution in [3.8, 4) is 0 Å². The highest BCUT2D eigenvalue weighted by Crippen LogP contribution is 2.51. The van der Waals surface area contributed by atoms with Gasteiger partial charge in [-0.1, -0.05) is 27.7 Å². The van der Waals surface area contributed by atoms with Crippen molar-refractivity contribution in [3.63, 3.8) is 0 Å². The van der Waals surface area contributed by atoms with Crippen LogP contribution in [-0.4, -0.2) is 12.6 Å². The maximum absolute atomic E-state index is 3.66. The normalized spacial score (nSPS) is 47.3. The molecule has 0 bridgehead atoms. The second-order valence-electron chi connectivity index (χ2n) is 7.27. The molecule has 1 N–H and O–H groups in total. The second-order valence-corrected chi connectivity index (χ2v) is 7.27. The number of rotatable bonds is 3. The monoisotopic (exact) mass is 237 g/mol. The van der Waals surface area contributed by atoms with Crippen molar-refractivity contribution >= 4 is 0 Å². The van der Waals surface area contributed by atoms with E-state index in [0.717, 1.165) is 30.3 Å². The highest BCUT2D eigenvalue weighted by atomic mass is 14.9. The standard InChI is InChI=1S/C16H31N/c1-5-17-15-6-7-16(4,11-15)14-9-12(2)8-13(3)10-14/h12-15,17H,5-11H2,1-4H3. The summed E-state index contributed by atoms with van der Waals surface area (Å²) in [6.07, 6.45) is 8.71. The Balaban J connectivity index is 1.96. The van der Waals surface area contributed by atoms with Crippen molar-refractivity contribution in [2.24, 2.45) is 23.2 Å². The summed E-state index contributed by atoms with van der Waals surface area (Å²) in [6.45, 7) is 10.9. The van der Waals surface area contributed by atoms with Gasteiger partial charge in [0, 0.05) is 6.04 Å². The van der Waals surface area contributed by atoms with E-state index in [2.05, 4.69) is 33.0 Å². The molecule has 0 aromatic rings. The zero-order valence-electron chi connectivity index (χ0n) is 12.3. The molecule has 2 aliphatic carbocycles. The van der Waals surface area contributed by atoms with Crippen LogP contribution in [0.25, 0.3) is 0 Å². The molecule has 2 saturated carbocycles. The first kappa shape index (κ1) is 13.4. The molecule has 2 aliphatic rings. The van der Waals surface area contributed by atoms with Crippen LogP contribution in [0.2, 0.25) is 0 Å². The van der Waals surface area contributed by atoms with Gasteiger partial charge in [0.1, 0.15) is 0 Å². The van der Waals surface area contributed by atoms with E-state index in [1.807, 2.05) is 0 Å². The second kappa shape index (κ2) is 5.30. The van der Waals surface area contributed by atoms with Crippen molar-refractivity contribution in [1.82, 2.24) is 5.32 Å². The highest BCUT2D eigenvalue weighted by Gasteiger charge is 2.43. The number of nitrogens with one attached hydrogen (secondary N) is 1. The van der Waals surface area contributed by atoms with Crippen LogP contribution >= 0.6 is 0 Å². The fourth-order valence-corrected chi connectivity index (χ4v) is 4.62. The fraction of sp³-hybridized carbons (Fsp3) is 1.00. The first-order valence-corrected chi connectivity index (χ1v) is 7.77. The summed E-state index contributed by atoms with van der Waals surface area (Å²) in [6, 6.07) is 0.803. The highest BCUT2D eigenvalue weighted by molar-refractivity contribution is 4.95. The molecule has 0 aromatic heterocycles. The molecule has 0 spiro atoms. The summed E-state index contributed by atoms with van der Waals surface area (Å²) in [7, 11) is 0. The molecule has 0 aromatic carbocycles. The largest absolute Gasteiger partial charge is 0.314 e. The first-order valence-electron chi connectivity index (χ1n) is 7.77. The van der Waals surface area contributed by atoms with Gasteiger partial charge < -0.3 is 5.32 Å². The summed E-state index contributed by atoms with van der Waals surface area (Å²) in [5.74, 6) is 2.91. The van der Waals surface area contributed by atoms with Crippen LogP contribution < -0.4 is 5.32 Å². The Bertz CT molecular complexity index is 240. The van der Waals surface area contributed by atoms with Gasteiger partial charge in [-0.25, -0.2) is 0 Å². The van der Waals surface area contributed by atoms with Crippen LogP contribution in [0.4, 0.5) is 0 Å². The molecule has 0 saturated heterocycles. The smallest absolute Gasteiger partial charge is 0.00724 e. The van der Waals surface area contributed by atoms with Gasteiger partial charge in [0.15, 0.2) is 0 Å². The van der Waals surface area contributed by atoms with E-state index in [4.69, 9.17) is 0 Å². The maximum atomic E-state index is 3.66. The van der Waals surface area contributed by atoms with Crippen LogP contribution in [0.5, 0.6) is 0 Å². The van der Waals surface area contributed by atoms with Crippen LogP contribution in [0.15, 0.2) is 0 Å². The third kappa shape index (κ3) is 3.05. The van der Waals surface area contributed by atoms with Crippen molar-refractivity contribution in [1.29, 1.82) is 0 Å². The summed E-state index contributed by atoms with van der Waals surface area (Å²) in [4.78, 5) is 0. The van der Waals surface area contributed by atoms with Gasteiger partial charge in [-0.3, -0.25) is 0 Å². The van der Waals surface area contributed by atoms with E-state index in [1.165, 1.54) is 38.5 Å². The summed E-state index contributed by atoms with van der Waals surface area (Å²) in [5.41, 5.74) is 0.635. The third-order valence-electron chi connectivity index (χ3n) is 5.43. The van der Waals surface area contributed by atoms with Gasteiger partial charge in [0.25, 0.3) is 0 Å². The first-order chi connectivity index (χ1) is 8.03. The van der Waals surface area contributed by atoms with E-state index in [-0.39, 0.29) is 0 Å². The molecule has 4 unspecified atom stereocenters. The van der Waals surface area contributed by atoms with E-state index >= 15 is 0 Å². The summed E-state index contributed by atoms with van der Waals surface area (Å²) in [5, 5.41) is 3.66. The molecule has 0 radical (unpaired) electrons. The SMILES string of the molecule is CCNC1CCC(C)(C2CC(C)CC(C)C2)C1. The molecule has 0 aliphatic heterocycles. The Morgan fingerprint density at radius 1 is 1.12 bits per heavy atom. The van der Waals surface area contributed by atoms with Gasteiger partial charge in [0.05, 0.1) is 0 Å². The average Bonchev–Trinajstić information content (AvgIpc) is 2.61. The lowest BCUT2D eigenvalue weighted by molar-refractivity contribution is 0.0888. The Morgan fingerprint density at radius 3 is 2.35 bits per heavy atom. The van der Waals surface area contributed by atoms with E-state index < -0.39 is 0 Å². The number of hydrogen-bond acceptors (Lipinski definition) is 1. The molecular formula is C16H31N. The van der Waals surface area contributed by atoms with E-state index in [9.17, 15) is 0 Å². The quantitative estimate of drug-likeness (QED) is 0.774. The Kier molecular flexibility index (Phi) is 4.18. The lowest BCUT2D eigenvalue weighted by atomic mass is 9.64. The van der Waals surface area contributed by atoms with Crippen molar-refractivity contribution in [2.45, 2.75) is 72.3 Å². The molecule has 2 fully saturated rings. The van der Waals surface area contributed by atoms with Gasteiger partial charge in [-0.2, -0.15) is 0 Å². The Morgan fingerprint density at radius 2 is 1.76 bits per heavy atom. The van der Waals surface area contributed by atoms with Crippen molar-refractivity contribution in [2.75, 3.05) is 6.54 Å². The van der Waals surface area contributed by atoms with Gasteiger partial charge in [-0.15, -0.1) is 0 Å². The van der Waals surface area contributed by atoms with Crippen molar-refractivity contribution in [3.05, 3.63) is 0 Å².